The van der Waals surface area contributed by atoms with Gasteiger partial charge in [0, 0.05) is 39.3 Å². The molecule has 36 heavy (non-hydrogen) atoms. The first-order chi connectivity index (χ1) is 17.2. The lowest BCUT2D eigenvalue weighted by molar-refractivity contribution is -0.165. The summed E-state index contributed by atoms with van der Waals surface area (Å²) in [5.74, 6) is 0.00496. The van der Waals surface area contributed by atoms with Gasteiger partial charge in [0.1, 0.15) is 5.82 Å². The Morgan fingerprint density at radius 2 is 1.92 bits per heavy atom. The average Bonchev–Trinajstić information content (AvgIpc) is 3.32. The van der Waals surface area contributed by atoms with Crippen molar-refractivity contribution in [2.24, 2.45) is 10.9 Å². The van der Waals surface area contributed by atoms with Gasteiger partial charge in [-0.25, -0.2) is 14.8 Å². The molecule has 1 aromatic rings. The molecule has 0 aliphatic carbocycles. The Kier molecular flexibility index (Phi) is 7.74. The number of amides is 2. The molecular weight excluding hydrogens is 481 g/mol. The Labute approximate surface area is 207 Å². The zero-order valence-electron chi connectivity index (χ0n) is 20.3. The third-order valence-electron chi connectivity index (χ3n) is 6.44. The third-order valence-corrected chi connectivity index (χ3v) is 6.44. The lowest BCUT2D eigenvalue weighted by atomic mass is 10.0. The summed E-state index contributed by atoms with van der Waals surface area (Å²) in [6.07, 6.45) is -3.69. The Morgan fingerprint density at radius 1 is 1.17 bits per heavy atom. The standard InChI is InChI=1S/C23H31F3N6O4/c1-3-35-22(34)31-11-9-30(10-12-31)17-7-6-16(13-27-17)28-20(33)18-19(23(24,25)26)29-21(36-18)32-8-4-5-15(2)14-32/h6-7,13,15,18-19H,3-5,8-12,14H2,1-2H3,(H,28,33). The van der Waals surface area contributed by atoms with Crippen LogP contribution >= 0.6 is 0 Å². The van der Waals surface area contributed by atoms with Gasteiger partial charge in [0.2, 0.25) is 6.10 Å². The number of halogens is 3. The summed E-state index contributed by atoms with van der Waals surface area (Å²) < 4.78 is 51.5. The number of nitrogens with one attached hydrogen (secondary N) is 1. The zero-order chi connectivity index (χ0) is 25.9. The molecule has 0 bridgehead atoms. The molecule has 10 nitrogen and oxygen atoms in total. The maximum absolute atomic E-state index is 13.7. The van der Waals surface area contributed by atoms with Crippen molar-refractivity contribution in [1.29, 1.82) is 0 Å². The van der Waals surface area contributed by atoms with Gasteiger partial charge < -0.3 is 29.5 Å². The highest BCUT2D eigenvalue weighted by Gasteiger charge is 2.54. The van der Waals surface area contributed by atoms with Gasteiger partial charge in [0.15, 0.2) is 6.04 Å². The van der Waals surface area contributed by atoms with E-state index in [9.17, 15) is 22.8 Å². The summed E-state index contributed by atoms with van der Waals surface area (Å²) in [6, 6.07) is 0.847. The SMILES string of the molecule is CCOC(=O)N1CCN(c2ccc(NC(=O)C3OC(N4CCCC(C)C4)=NC3C(F)(F)F)cn2)CC1. The predicted octanol–water partition coefficient (Wildman–Crippen LogP) is 2.72. The molecule has 0 aromatic carbocycles. The molecule has 0 saturated carbocycles. The number of likely N-dealkylation sites (tertiary alicyclic amines) is 1. The van der Waals surface area contributed by atoms with Crippen LogP contribution < -0.4 is 10.2 Å². The van der Waals surface area contributed by atoms with Gasteiger partial charge in [0.25, 0.3) is 11.9 Å². The minimum atomic E-state index is -4.72. The minimum absolute atomic E-state index is 0.126. The summed E-state index contributed by atoms with van der Waals surface area (Å²) in [5, 5.41) is 2.48. The van der Waals surface area contributed by atoms with E-state index >= 15 is 0 Å². The summed E-state index contributed by atoms with van der Waals surface area (Å²) in [6.45, 7) is 7.23. The quantitative estimate of drug-likeness (QED) is 0.662. The largest absolute Gasteiger partial charge is 0.450 e. The van der Waals surface area contributed by atoms with Crippen molar-refractivity contribution in [1.82, 2.24) is 14.8 Å². The summed E-state index contributed by atoms with van der Waals surface area (Å²) in [4.78, 5) is 38.0. The van der Waals surface area contributed by atoms with Crippen LogP contribution in [0.25, 0.3) is 0 Å². The molecule has 0 radical (unpaired) electrons. The van der Waals surface area contributed by atoms with Crippen LogP contribution in [0.5, 0.6) is 0 Å². The number of nitrogens with zero attached hydrogens (tertiary/aromatic N) is 5. The number of hydrogen-bond donors (Lipinski definition) is 1. The van der Waals surface area contributed by atoms with Gasteiger partial charge >= 0.3 is 12.3 Å². The van der Waals surface area contributed by atoms with Gasteiger partial charge in [-0.15, -0.1) is 0 Å². The van der Waals surface area contributed by atoms with Crippen LogP contribution in [0.3, 0.4) is 0 Å². The van der Waals surface area contributed by atoms with Gasteiger partial charge in [-0.1, -0.05) is 6.92 Å². The van der Waals surface area contributed by atoms with E-state index in [1.807, 2.05) is 11.8 Å². The lowest BCUT2D eigenvalue weighted by Crippen LogP contribution is -2.49. The molecular formula is C23H31F3N6O4. The molecule has 3 unspecified atom stereocenters. The highest BCUT2D eigenvalue weighted by molar-refractivity contribution is 5.97. The number of carbonyl (C=O) groups excluding carboxylic acids is 2. The van der Waals surface area contributed by atoms with Crippen LogP contribution in [-0.2, 0) is 14.3 Å². The van der Waals surface area contributed by atoms with Crippen molar-refractivity contribution in [3.8, 4) is 0 Å². The first-order valence-electron chi connectivity index (χ1n) is 12.2. The van der Waals surface area contributed by atoms with Crippen LogP contribution in [0.2, 0.25) is 0 Å². The highest BCUT2D eigenvalue weighted by Crippen LogP contribution is 2.33. The summed E-state index contributed by atoms with van der Waals surface area (Å²) in [5.41, 5.74) is 0.249. The average molecular weight is 513 g/mol. The molecule has 4 rings (SSSR count). The van der Waals surface area contributed by atoms with Crippen LogP contribution in [0.1, 0.15) is 26.7 Å². The highest BCUT2D eigenvalue weighted by atomic mass is 19.4. The Balaban J connectivity index is 1.36. The fourth-order valence-corrected chi connectivity index (χ4v) is 4.55. The van der Waals surface area contributed by atoms with E-state index in [1.54, 1.807) is 28.9 Å². The van der Waals surface area contributed by atoms with Crippen molar-refractivity contribution in [2.75, 3.05) is 56.1 Å². The molecule has 1 aromatic heterocycles. The first kappa shape index (κ1) is 25.8. The van der Waals surface area contributed by atoms with E-state index in [0.29, 0.717) is 57.6 Å². The smallest absolute Gasteiger partial charge is 0.415 e. The minimum Gasteiger partial charge on any atom is -0.450 e. The third kappa shape index (κ3) is 5.93. The maximum atomic E-state index is 13.7. The number of alkyl halides is 3. The van der Waals surface area contributed by atoms with E-state index in [2.05, 4.69) is 15.3 Å². The van der Waals surface area contributed by atoms with Crippen molar-refractivity contribution in [2.45, 2.75) is 45.0 Å². The first-order valence-corrected chi connectivity index (χ1v) is 12.2. The second-order valence-electron chi connectivity index (χ2n) is 9.20. The van der Waals surface area contributed by atoms with Crippen LogP contribution in [-0.4, -0.2) is 97.0 Å². The summed E-state index contributed by atoms with van der Waals surface area (Å²) >= 11 is 0. The second kappa shape index (κ2) is 10.8. The molecule has 1 N–H and O–H groups in total. The number of piperazine rings is 1. The molecule has 2 fully saturated rings. The van der Waals surface area contributed by atoms with E-state index in [-0.39, 0.29) is 17.8 Å². The van der Waals surface area contributed by atoms with E-state index in [0.717, 1.165) is 12.8 Å². The van der Waals surface area contributed by atoms with E-state index < -0.39 is 24.2 Å². The number of piperidine rings is 1. The number of carbonyl (C=O) groups is 2. The van der Waals surface area contributed by atoms with Gasteiger partial charge in [-0.3, -0.25) is 4.79 Å². The van der Waals surface area contributed by atoms with Gasteiger partial charge in [-0.2, -0.15) is 13.2 Å². The second-order valence-corrected chi connectivity index (χ2v) is 9.20. The molecule has 0 spiro atoms. The molecule has 4 heterocycles. The number of aromatic nitrogens is 1. The monoisotopic (exact) mass is 512 g/mol. The molecule has 2 saturated heterocycles. The van der Waals surface area contributed by atoms with Crippen molar-refractivity contribution in [3.05, 3.63) is 18.3 Å². The molecule has 2 amide bonds. The number of hydrogen-bond acceptors (Lipinski definition) is 8. The molecule has 13 heteroatoms. The fourth-order valence-electron chi connectivity index (χ4n) is 4.55. The van der Waals surface area contributed by atoms with E-state index in [1.165, 1.54) is 6.20 Å². The predicted molar refractivity (Wildman–Crippen MR) is 126 cm³/mol. The Hall–Kier alpha value is -3.25. The lowest BCUT2D eigenvalue weighted by Gasteiger charge is -2.34. The van der Waals surface area contributed by atoms with Crippen molar-refractivity contribution in [3.63, 3.8) is 0 Å². The number of rotatable bonds is 4. The van der Waals surface area contributed by atoms with Crippen molar-refractivity contribution < 1.29 is 32.2 Å². The zero-order valence-corrected chi connectivity index (χ0v) is 20.3. The molecule has 3 atom stereocenters. The van der Waals surface area contributed by atoms with Crippen molar-refractivity contribution >= 4 is 29.5 Å². The topological polar surface area (TPSA) is 99.6 Å². The number of pyridine rings is 1. The van der Waals surface area contributed by atoms with Gasteiger partial charge in [0.05, 0.1) is 18.5 Å². The normalized spacial score (nSPS) is 24.8. The number of ether oxygens (including phenoxy) is 2. The Morgan fingerprint density at radius 3 is 2.53 bits per heavy atom. The molecule has 3 aliphatic heterocycles. The number of aliphatic imine (C=N–C) groups is 1. The number of amidine groups is 1. The fraction of sp³-hybridized carbons (Fsp3) is 0.652. The summed E-state index contributed by atoms with van der Waals surface area (Å²) in [7, 11) is 0. The van der Waals surface area contributed by atoms with Crippen LogP contribution in [0, 0.1) is 5.92 Å². The molecule has 3 aliphatic rings. The van der Waals surface area contributed by atoms with Crippen LogP contribution in [0.15, 0.2) is 23.3 Å². The van der Waals surface area contributed by atoms with E-state index in [4.69, 9.17) is 9.47 Å². The number of anilines is 2. The van der Waals surface area contributed by atoms with Crippen LogP contribution in [0.4, 0.5) is 29.5 Å². The molecule has 198 valence electrons. The Bertz CT molecular complexity index is 966. The maximum Gasteiger partial charge on any atom is 0.415 e. The van der Waals surface area contributed by atoms with Gasteiger partial charge in [-0.05, 0) is 37.8 Å².